The lowest BCUT2D eigenvalue weighted by molar-refractivity contribution is -0.117. The van der Waals surface area contributed by atoms with E-state index in [0.717, 1.165) is 30.8 Å². The quantitative estimate of drug-likeness (QED) is 0.684. The van der Waals surface area contributed by atoms with Crippen LogP contribution in [0, 0.1) is 13.8 Å². The van der Waals surface area contributed by atoms with Gasteiger partial charge in [0.1, 0.15) is 0 Å². The van der Waals surface area contributed by atoms with Crippen LogP contribution in [0.2, 0.25) is 0 Å². The molecule has 21 heavy (non-hydrogen) atoms. The topological polar surface area (TPSA) is 82.7 Å². The zero-order valence-electron chi connectivity index (χ0n) is 12.6. The molecule has 6 nitrogen and oxygen atoms in total. The number of H-pyrrole nitrogens is 1. The fraction of sp³-hybridized carbons (Fsp3) is 0.500. The van der Waals surface area contributed by atoms with E-state index < -0.39 is 0 Å². The first-order chi connectivity index (χ1) is 10.1. The van der Waals surface area contributed by atoms with Crippen LogP contribution in [0.5, 0.6) is 0 Å². The molecule has 0 fully saturated rings. The third kappa shape index (κ3) is 4.37. The minimum Gasteiger partial charge on any atom is -0.306 e. The second kappa shape index (κ2) is 7.33. The zero-order valence-corrected chi connectivity index (χ0v) is 13.4. The maximum absolute atomic E-state index is 11.9. The molecule has 1 atom stereocenters. The summed E-state index contributed by atoms with van der Waals surface area (Å²) in [6.07, 6.45) is 3.60. The van der Waals surface area contributed by atoms with Crippen molar-refractivity contribution in [2.45, 2.75) is 39.7 Å². The van der Waals surface area contributed by atoms with Crippen LogP contribution >= 0.6 is 11.3 Å². The Kier molecular flexibility index (Phi) is 5.46. The Balaban J connectivity index is 1.69. The van der Waals surface area contributed by atoms with Gasteiger partial charge in [-0.25, -0.2) is 4.98 Å². The number of hydrogen-bond acceptors (Lipinski definition) is 5. The van der Waals surface area contributed by atoms with Crippen LogP contribution in [-0.4, -0.2) is 33.7 Å². The van der Waals surface area contributed by atoms with Gasteiger partial charge in [-0.15, -0.1) is 11.3 Å². The highest BCUT2D eigenvalue weighted by Gasteiger charge is 2.13. The minimum atomic E-state index is -0.236. The van der Waals surface area contributed by atoms with Crippen molar-refractivity contribution in [1.82, 2.24) is 20.5 Å². The van der Waals surface area contributed by atoms with Gasteiger partial charge >= 0.3 is 0 Å². The van der Waals surface area contributed by atoms with Gasteiger partial charge in [-0.2, -0.15) is 5.10 Å². The molecule has 0 spiro atoms. The summed E-state index contributed by atoms with van der Waals surface area (Å²) in [4.78, 5) is 16.0. The number of thiazole rings is 1. The van der Waals surface area contributed by atoms with E-state index in [-0.39, 0.29) is 11.9 Å². The molecule has 0 radical (unpaired) electrons. The summed E-state index contributed by atoms with van der Waals surface area (Å²) in [7, 11) is 0. The fourth-order valence-electron chi connectivity index (χ4n) is 2.12. The van der Waals surface area contributed by atoms with E-state index in [9.17, 15) is 4.79 Å². The Morgan fingerprint density at radius 3 is 2.90 bits per heavy atom. The molecular formula is C14H21N5OS. The molecule has 0 aliphatic rings. The maximum Gasteiger partial charge on any atom is 0.243 e. The second-order valence-corrected chi connectivity index (χ2v) is 5.91. The second-order valence-electron chi connectivity index (χ2n) is 5.02. The molecule has 0 aliphatic carbocycles. The lowest BCUT2D eigenvalue weighted by Gasteiger charge is -2.12. The molecular weight excluding hydrogens is 286 g/mol. The molecule has 7 heteroatoms. The molecule has 2 heterocycles. The van der Waals surface area contributed by atoms with Gasteiger partial charge in [-0.3, -0.25) is 9.89 Å². The Morgan fingerprint density at radius 1 is 1.48 bits per heavy atom. The van der Waals surface area contributed by atoms with E-state index in [0.29, 0.717) is 5.13 Å². The van der Waals surface area contributed by atoms with Crippen LogP contribution < -0.4 is 10.6 Å². The summed E-state index contributed by atoms with van der Waals surface area (Å²) in [6, 6.07) is -0.236. The first-order valence-electron chi connectivity index (χ1n) is 7.02. The average molecular weight is 307 g/mol. The lowest BCUT2D eigenvalue weighted by atomic mass is 10.1. The zero-order chi connectivity index (χ0) is 15.2. The van der Waals surface area contributed by atoms with Gasteiger partial charge in [-0.05, 0) is 45.7 Å². The van der Waals surface area contributed by atoms with E-state index in [1.807, 2.05) is 26.2 Å². The Hall–Kier alpha value is -1.73. The van der Waals surface area contributed by atoms with Crippen LogP contribution in [-0.2, 0) is 11.2 Å². The van der Waals surface area contributed by atoms with Crippen molar-refractivity contribution in [2.24, 2.45) is 0 Å². The molecule has 2 aromatic rings. The van der Waals surface area contributed by atoms with E-state index >= 15 is 0 Å². The number of aryl methyl sites for hydroxylation is 2. The SMILES string of the molecule is Cc1n[nH]c(C)c1CCCN[C@H](C)C(=O)Nc1nccs1. The molecule has 0 saturated heterocycles. The maximum atomic E-state index is 11.9. The lowest BCUT2D eigenvalue weighted by Crippen LogP contribution is -2.38. The van der Waals surface area contributed by atoms with E-state index in [2.05, 4.69) is 25.8 Å². The summed E-state index contributed by atoms with van der Waals surface area (Å²) >= 11 is 1.42. The van der Waals surface area contributed by atoms with Crippen molar-refractivity contribution in [3.05, 3.63) is 28.5 Å². The van der Waals surface area contributed by atoms with Gasteiger partial charge < -0.3 is 10.6 Å². The monoisotopic (exact) mass is 307 g/mol. The molecule has 1 amide bonds. The van der Waals surface area contributed by atoms with Crippen molar-refractivity contribution in [1.29, 1.82) is 0 Å². The van der Waals surface area contributed by atoms with Crippen LogP contribution in [0.4, 0.5) is 5.13 Å². The number of hydrogen-bond donors (Lipinski definition) is 3. The Labute approximate surface area is 128 Å². The van der Waals surface area contributed by atoms with Crippen LogP contribution in [0.25, 0.3) is 0 Å². The van der Waals surface area contributed by atoms with Gasteiger partial charge in [-0.1, -0.05) is 0 Å². The van der Waals surface area contributed by atoms with E-state index in [4.69, 9.17) is 0 Å². The van der Waals surface area contributed by atoms with Crippen molar-refractivity contribution < 1.29 is 4.79 Å². The molecule has 2 rings (SSSR count). The molecule has 0 bridgehead atoms. The number of aromatic nitrogens is 3. The van der Waals surface area contributed by atoms with E-state index in [1.54, 1.807) is 6.20 Å². The summed E-state index contributed by atoms with van der Waals surface area (Å²) < 4.78 is 0. The minimum absolute atomic E-state index is 0.0550. The van der Waals surface area contributed by atoms with Crippen molar-refractivity contribution >= 4 is 22.4 Å². The summed E-state index contributed by atoms with van der Waals surface area (Å²) in [5.41, 5.74) is 3.46. The van der Waals surface area contributed by atoms with Crippen molar-refractivity contribution in [3.63, 3.8) is 0 Å². The highest BCUT2D eigenvalue weighted by atomic mass is 32.1. The van der Waals surface area contributed by atoms with Gasteiger partial charge in [0.2, 0.25) is 5.91 Å². The third-order valence-electron chi connectivity index (χ3n) is 3.39. The molecule has 0 saturated carbocycles. The first kappa shape index (κ1) is 15.7. The Morgan fingerprint density at radius 2 is 2.29 bits per heavy atom. The highest BCUT2D eigenvalue weighted by Crippen LogP contribution is 2.12. The predicted octanol–water partition coefficient (Wildman–Crippen LogP) is 2.03. The molecule has 0 aliphatic heterocycles. The van der Waals surface area contributed by atoms with Gasteiger partial charge in [0, 0.05) is 17.3 Å². The number of amides is 1. The largest absolute Gasteiger partial charge is 0.306 e. The number of nitrogens with zero attached hydrogens (tertiary/aromatic N) is 2. The first-order valence-corrected chi connectivity index (χ1v) is 7.90. The molecule has 3 N–H and O–H groups in total. The molecule has 2 aromatic heterocycles. The summed E-state index contributed by atoms with van der Waals surface area (Å²) in [6.45, 7) is 6.69. The van der Waals surface area contributed by atoms with Gasteiger partial charge in [0.25, 0.3) is 0 Å². The number of aromatic amines is 1. The van der Waals surface area contributed by atoms with Gasteiger partial charge in [0.05, 0.1) is 11.7 Å². The van der Waals surface area contributed by atoms with Crippen molar-refractivity contribution in [3.8, 4) is 0 Å². The Bertz CT molecular complexity index is 559. The number of anilines is 1. The number of carbonyl (C=O) groups is 1. The summed E-state index contributed by atoms with van der Waals surface area (Å²) in [5, 5.41) is 15.7. The highest BCUT2D eigenvalue weighted by molar-refractivity contribution is 7.13. The van der Waals surface area contributed by atoms with E-state index in [1.165, 1.54) is 16.9 Å². The third-order valence-corrected chi connectivity index (χ3v) is 4.08. The summed E-state index contributed by atoms with van der Waals surface area (Å²) in [5.74, 6) is -0.0550. The molecule has 114 valence electrons. The smallest absolute Gasteiger partial charge is 0.243 e. The predicted molar refractivity (Wildman–Crippen MR) is 84.6 cm³/mol. The fourth-order valence-corrected chi connectivity index (χ4v) is 2.65. The number of rotatable bonds is 7. The van der Waals surface area contributed by atoms with Crippen molar-refractivity contribution in [2.75, 3.05) is 11.9 Å². The molecule has 0 aromatic carbocycles. The normalized spacial score (nSPS) is 12.3. The molecule has 0 unspecified atom stereocenters. The number of nitrogens with one attached hydrogen (secondary N) is 3. The van der Waals surface area contributed by atoms with Crippen LogP contribution in [0.15, 0.2) is 11.6 Å². The van der Waals surface area contributed by atoms with Crippen LogP contribution in [0.1, 0.15) is 30.3 Å². The van der Waals surface area contributed by atoms with Crippen LogP contribution in [0.3, 0.4) is 0 Å². The average Bonchev–Trinajstić information content (AvgIpc) is 3.07. The number of carbonyl (C=O) groups excluding carboxylic acids is 1. The van der Waals surface area contributed by atoms with Gasteiger partial charge in [0.15, 0.2) is 5.13 Å². The standard InChI is InChI=1S/C14H21N5OS/c1-9-12(10(2)19-18-9)5-4-6-15-11(3)13(20)17-14-16-7-8-21-14/h7-8,11,15H,4-6H2,1-3H3,(H,18,19)(H,16,17,20)/t11-/m1/s1.